The number of hydrogen-bond acceptors (Lipinski definition) is 3. The van der Waals surface area contributed by atoms with Crippen LogP contribution in [0.1, 0.15) is 36.0 Å². The molecule has 3 rings (SSSR count). The van der Waals surface area contributed by atoms with Crippen LogP contribution in [0.25, 0.3) is 0 Å². The van der Waals surface area contributed by atoms with E-state index in [2.05, 4.69) is 33.9 Å². The highest BCUT2D eigenvalue weighted by Gasteiger charge is 2.17. The van der Waals surface area contributed by atoms with E-state index < -0.39 is 15.8 Å². The molecule has 0 bridgehead atoms. The number of hydrogen-bond donors (Lipinski definition) is 1. The molecule has 154 valence electrons. The fourth-order valence-electron chi connectivity index (χ4n) is 3.53. The van der Waals surface area contributed by atoms with Gasteiger partial charge in [-0.15, -0.1) is 12.4 Å². The van der Waals surface area contributed by atoms with E-state index in [0.717, 1.165) is 51.4 Å². The highest BCUT2D eigenvalue weighted by Crippen LogP contribution is 2.19. The second kappa shape index (κ2) is 10.3. The minimum atomic E-state index is -3.65. The second-order valence-electron chi connectivity index (χ2n) is 7.16. The van der Waals surface area contributed by atoms with Gasteiger partial charge in [0.15, 0.2) is 0 Å². The van der Waals surface area contributed by atoms with Crippen LogP contribution < -0.4 is 4.72 Å². The lowest BCUT2D eigenvalue weighted by molar-refractivity contribution is 0.248. The highest BCUT2D eigenvalue weighted by molar-refractivity contribution is 7.89. The molecular formula is C21H28ClFN2O2S. The number of nitrogens with one attached hydrogen (secondary N) is 1. The van der Waals surface area contributed by atoms with Crippen molar-refractivity contribution in [2.75, 3.05) is 19.6 Å². The van der Waals surface area contributed by atoms with Gasteiger partial charge in [0.2, 0.25) is 10.0 Å². The zero-order chi connectivity index (χ0) is 19.3. The molecule has 0 saturated carbocycles. The lowest BCUT2D eigenvalue weighted by atomic mass is 10.00. The van der Waals surface area contributed by atoms with Gasteiger partial charge in [0, 0.05) is 19.6 Å². The van der Waals surface area contributed by atoms with Crippen molar-refractivity contribution >= 4 is 22.4 Å². The average molecular weight is 427 g/mol. The van der Waals surface area contributed by atoms with Crippen molar-refractivity contribution in [3.05, 3.63) is 65.0 Å². The third-order valence-corrected chi connectivity index (χ3v) is 6.70. The second-order valence-corrected chi connectivity index (χ2v) is 8.90. The molecule has 0 amide bonds. The molecule has 0 radical (unpaired) electrons. The summed E-state index contributed by atoms with van der Waals surface area (Å²) in [6.45, 7) is 5.17. The Balaban J connectivity index is 0.00000280. The van der Waals surface area contributed by atoms with Gasteiger partial charge >= 0.3 is 0 Å². The summed E-state index contributed by atoms with van der Waals surface area (Å²) in [5.41, 5.74) is 3.42. The highest BCUT2D eigenvalue weighted by atomic mass is 35.5. The number of fused-ring (bicyclic) bond motifs is 1. The molecule has 0 aromatic heterocycles. The molecule has 28 heavy (non-hydrogen) atoms. The van der Waals surface area contributed by atoms with Crippen LogP contribution in [0.4, 0.5) is 4.39 Å². The maximum absolute atomic E-state index is 13.3. The Bertz CT molecular complexity index is 890. The molecule has 1 heterocycles. The van der Waals surface area contributed by atoms with E-state index in [1.54, 1.807) is 6.92 Å². The van der Waals surface area contributed by atoms with Crippen LogP contribution in [-0.4, -0.2) is 33.0 Å². The van der Waals surface area contributed by atoms with E-state index in [-0.39, 0.29) is 17.3 Å². The summed E-state index contributed by atoms with van der Waals surface area (Å²) < 4.78 is 40.6. The van der Waals surface area contributed by atoms with Gasteiger partial charge in [0.05, 0.1) is 4.90 Å². The van der Waals surface area contributed by atoms with Crippen molar-refractivity contribution in [1.29, 1.82) is 0 Å². The van der Waals surface area contributed by atoms with Crippen LogP contribution in [0.15, 0.2) is 47.4 Å². The largest absolute Gasteiger partial charge is 0.299 e. The van der Waals surface area contributed by atoms with Crippen molar-refractivity contribution in [2.24, 2.45) is 0 Å². The maximum atomic E-state index is 13.3. The third-order valence-electron chi connectivity index (χ3n) is 5.09. The van der Waals surface area contributed by atoms with Gasteiger partial charge in [-0.05, 0) is 61.6 Å². The molecule has 1 aliphatic rings. The van der Waals surface area contributed by atoms with Crippen molar-refractivity contribution < 1.29 is 12.8 Å². The molecule has 0 fully saturated rings. The number of halogens is 2. The lowest BCUT2D eigenvalue weighted by Gasteiger charge is -2.28. The SMILES string of the molecule is Cc1ccc(F)cc1S(=O)(=O)NCCCCCN1CCc2ccccc2C1.Cl. The predicted octanol–water partition coefficient (Wildman–Crippen LogP) is 4.06. The molecule has 1 N–H and O–H groups in total. The summed E-state index contributed by atoms with van der Waals surface area (Å²) in [7, 11) is -3.65. The van der Waals surface area contributed by atoms with Gasteiger partial charge in [-0.25, -0.2) is 17.5 Å². The zero-order valence-corrected chi connectivity index (χ0v) is 17.8. The smallest absolute Gasteiger partial charge is 0.240 e. The minimum absolute atomic E-state index is 0. The van der Waals surface area contributed by atoms with Crippen LogP contribution >= 0.6 is 12.4 Å². The molecule has 0 saturated heterocycles. The molecule has 2 aromatic carbocycles. The van der Waals surface area contributed by atoms with Crippen LogP contribution in [0.5, 0.6) is 0 Å². The molecule has 0 atom stereocenters. The summed E-state index contributed by atoms with van der Waals surface area (Å²) in [6.07, 6.45) is 3.88. The molecular weight excluding hydrogens is 399 g/mol. The average Bonchev–Trinajstić information content (AvgIpc) is 2.66. The third kappa shape index (κ3) is 6.01. The summed E-state index contributed by atoms with van der Waals surface area (Å²) in [4.78, 5) is 2.48. The fraction of sp³-hybridized carbons (Fsp3) is 0.429. The minimum Gasteiger partial charge on any atom is -0.299 e. The van der Waals surface area contributed by atoms with Gasteiger partial charge in [-0.1, -0.05) is 36.8 Å². The fourth-order valence-corrected chi connectivity index (χ4v) is 4.86. The van der Waals surface area contributed by atoms with Crippen LogP contribution in [-0.2, 0) is 23.0 Å². The van der Waals surface area contributed by atoms with Gasteiger partial charge in [0.25, 0.3) is 0 Å². The molecule has 2 aromatic rings. The van der Waals surface area contributed by atoms with Crippen molar-refractivity contribution in [1.82, 2.24) is 9.62 Å². The first-order chi connectivity index (χ1) is 13.0. The Kier molecular flexibility index (Phi) is 8.43. The van der Waals surface area contributed by atoms with E-state index in [1.165, 1.54) is 23.3 Å². The lowest BCUT2D eigenvalue weighted by Crippen LogP contribution is -2.31. The molecule has 0 aliphatic carbocycles. The van der Waals surface area contributed by atoms with E-state index in [0.29, 0.717) is 12.1 Å². The molecule has 1 aliphatic heterocycles. The van der Waals surface area contributed by atoms with E-state index in [4.69, 9.17) is 0 Å². The first-order valence-electron chi connectivity index (χ1n) is 9.51. The number of aryl methyl sites for hydroxylation is 1. The quantitative estimate of drug-likeness (QED) is 0.647. The first-order valence-corrected chi connectivity index (χ1v) is 11.0. The summed E-state index contributed by atoms with van der Waals surface area (Å²) in [5, 5.41) is 0. The zero-order valence-electron chi connectivity index (χ0n) is 16.2. The Hall–Kier alpha value is -1.47. The van der Waals surface area contributed by atoms with Gasteiger partial charge in [-0.2, -0.15) is 0 Å². The Morgan fingerprint density at radius 1 is 1.07 bits per heavy atom. The molecule has 0 unspecified atom stereocenters. The number of rotatable bonds is 8. The standard InChI is InChI=1S/C21H27FN2O2S.ClH/c1-17-9-10-20(22)15-21(17)27(25,26)23-12-5-2-6-13-24-14-11-18-7-3-4-8-19(18)16-24;/h3-4,7-10,15,23H,2,5-6,11-14,16H2,1H3;1H. The van der Waals surface area contributed by atoms with Gasteiger partial charge < -0.3 is 0 Å². The van der Waals surface area contributed by atoms with E-state index in [1.807, 2.05) is 0 Å². The summed E-state index contributed by atoms with van der Waals surface area (Å²) >= 11 is 0. The molecule has 7 heteroatoms. The summed E-state index contributed by atoms with van der Waals surface area (Å²) in [6, 6.07) is 12.4. The number of unbranched alkanes of at least 4 members (excludes halogenated alkanes) is 2. The monoisotopic (exact) mass is 426 g/mol. The van der Waals surface area contributed by atoms with Gasteiger partial charge in [0.1, 0.15) is 5.82 Å². The summed E-state index contributed by atoms with van der Waals surface area (Å²) in [5.74, 6) is -0.538. The molecule has 4 nitrogen and oxygen atoms in total. The number of nitrogens with zero attached hydrogens (tertiary/aromatic N) is 1. The Morgan fingerprint density at radius 3 is 2.61 bits per heavy atom. The van der Waals surface area contributed by atoms with Crippen molar-refractivity contribution in [3.8, 4) is 0 Å². The Morgan fingerprint density at radius 2 is 1.82 bits per heavy atom. The number of benzene rings is 2. The van der Waals surface area contributed by atoms with Crippen molar-refractivity contribution in [2.45, 2.75) is 44.0 Å². The first kappa shape index (κ1) is 22.8. The van der Waals surface area contributed by atoms with E-state index in [9.17, 15) is 12.8 Å². The topological polar surface area (TPSA) is 49.4 Å². The van der Waals surface area contributed by atoms with Crippen LogP contribution in [0, 0.1) is 12.7 Å². The van der Waals surface area contributed by atoms with Crippen molar-refractivity contribution in [3.63, 3.8) is 0 Å². The van der Waals surface area contributed by atoms with Crippen LogP contribution in [0.3, 0.4) is 0 Å². The van der Waals surface area contributed by atoms with Gasteiger partial charge in [-0.3, -0.25) is 4.90 Å². The number of sulfonamides is 1. The van der Waals surface area contributed by atoms with Crippen LogP contribution in [0.2, 0.25) is 0 Å². The normalized spacial score (nSPS) is 14.4. The predicted molar refractivity (Wildman–Crippen MR) is 113 cm³/mol. The Labute approximate surface area is 173 Å². The maximum Gasteiger partial charge on any atom is 0.240 e. The molecule has 0 spiro atoms. The van der Waals surface area contributed by atoms with E-state index >= 15 is 0 Å².